The van der Waals surface area contributed by atoms with Gasteiger partial charge in [-0.05, 0) is 48.6 Å². The van der Waals surface area contributed by atoms with E-state index in [1.165, 1.54) is 68.1 Å². The molecule has 0 bridgehead atoms. The predicted octanol–water partition coefficient (Wildman–Crippen LogP) is 8.75. The highest BCUT2D eigenvalue weighted by Gasteiger charge is 2.06. The Morgan fingerprint density at radius 3 is 1.70 bits per heavy atom. The lowest BCUT2D eigenvalue weighted by Crippen LogP contribution is -2.00. The first-order valence-electron chi connectivity index (χ1n) is 12.2. The van der Waals surface area contributed by atoms with Crippen molar-refractivity contribution in [1.82, 2.24) is 0 Å². The molecule has 0 aliphatic carbocycles. The van der Waals surface area contributed by atoms with Crippen LogP contribution in [0.2, 0.25) is 0 Å². The van der Waals surface area contributed by atoms with Crippen LogP contribution in [0.25, 0.3) is 11.1 Å². The Bertz CT molecular complexity index is 660. The van der Waals surface area contributed by atoms with Gasteiger partial charge in [-0.25, -0.2) is 0 Å². The summed E-state index contributed by atoms with van der Waals surface area (Å²) in [7, 11) is 0. The van der Waals surface area contributed by atoms with E-state index in [1.54, 1.807) is 0 Å². The first kappa shape index (κ1) is 24.5. The molecule has 0 saturated heterocycles. The third-order valence-corrected chi connectivity index (χ3v) is 5.66. The van der Waals surface area contributed by atoms with Crippen LogP contribution < -0.4 is 4.74 Å². The molecule has 0 aliphatic heterocycles. The van der Waals surface area contributed by atoms with Gasteiger partial charge in [-0.1, -0.05) is 102 Å². The Morgan fingerprint density at radius 1 is 0.600 bits per heavy atom. The van der Waals surface area contributed by atoms with Gasteiger partial charge in [0.1, 0.15) is 5.75 Å². The SMILES string of the molecule is CCCCCCCCCCCOc1ccc(-c2ccc(C(C)OCCC)cc2)cc1. The van der Waals surface area contributed by atoms with E-state index in [0.717, 1.165) is 31.8 Å². The van der Waals surface area contributed by atoms with Crippen LogP contribution >= 0.6 is 0 Å². The molecule has 0 spiro atoms. The molecule has 0 N–H and O–H groups in total. The van der Waals surface area contributed by atoms with Gasteiger partial charge in [-0.15, -0.1) is 0 Å². The van der Waals surface area contributed by atoms with Crippen molar-refractivity contribution in [2.75, 3.05) is 13.2 Å². The lowest BCUT2D eigenvalue weighted by Gasteiger charge is -2.13. The van der Waals surface area contributed by atoms with E-state index in [9.17, 15) is 0 Å². The normalized spacial score (nSPS) is 12.1. The second kappa shape index (κ2) is 15.1. The van der Waals surface area contributed by atoms with Crippen molar-refractivity contribution < 1.29 is 9.47 Å². The highest BCUT2D eigenvalue weighted by Crippen LogP contribution is 2.25. The molecule has 2 nitrogen and oxygen atoms in total. The average Bonchev–Trinajstić information content (AvgIpc) is 2.79. The molecule has 0 aliphatic rings. The highest BCUT2D eigenvalue weighted by atomic mass is 16.5. The molecule has 2 aromatic carbocycles. The zero-order valence-corrected chi connectivity index (χ0v) is 19.5. The topological polar surface area (TPSA) is 18.5 Å². The third kappa shape index (κ3) is 9.34. The van der Waals surface area contributed by atoms with Gasteiger partial charge < -0.3 is 9.47 Å². The minimum atomic E-state index is 0.149. The van der Waals surface area contributed by atoms with E-state index in [2.05, 4.69) is 69.3 Å². The minimum Gasteiger partial charge on any atom is -0.494 e. The van der Waals surface area contributed by atoms with E-state index in [4.69, 9.17) is 9.47 Å². The maximum Gasteiger partial charge on any atom is 0.119 e. The molecule has 1 atom stereocenters. The van der Waals surface area contributed by atoms with Crippen LogP contribution in [0.5, 0.6) is 5.75 Å². The second-order valence-electron chi connectivity index (χ2n) is 8.34. The Kier molecular flexibility index (Phi) is 12.3. The minimum absolute atomic E-state index is 0.149. The molecular weight excluding hydrogens is 368 g/mol. The fraction of sp³-hybridized carbons (Fsp3) is 0.571. The van der Waals surface area contributed by atoms with E-state index in [1.807, 2.05) is 0 Å². The van der Waals surface area contributed by atoms with Crippen molar-refractivity contribution in [1.29, 1.82) is 0 Å². The zero-order valence-electron chi connectivity index (χ0n) is 19.5. The summed E-state index contributed by atoms with van der Waals surface area (Å²) in [5.41, 5.74) is 3.68. The van der Waals surface area contributed by atoms with E-state index < -0.39 is 0 Å². The molecule has 2 aromatic rings. The van der Waals surface area contributed by atoms with Crippen LogP contribution in [0.15, 0.2) is 48.5 Å². The fourth-order valence-corrected chi connectivity index (χ4v) is 3.68. The van der Waals surface area contributed by atoms with Gasteiger partial charge in [-0.2, -0.15) is 0 Å². The maximum atomic E-state index is 5.93. The summed E-state index contributed by atoms with van der Waals surface area (Å²) in [5.74, 6) is 0.969. The van der Waals surface area contributed by atoms with Crippen LogP contribution in [-0.4, -0.2) is 13.2 Å². The van der Waals surface area contributed by atoms with Crippen LogP contribution in [-0.2, 0) is 4.74 Å². The molecule has 166 valence electrons. The molecule has 0 aromatic heterocycles. The molecule has 1 unspecified atom stereocenters. The summed E-state index contributed by atoms with van der Waals surface area (Å²) < 4.78 is 11.7. The molecule has 30 heavy (non-hydrogen) atoms. The molecule has 0 heterocycles. The van der Waals surface area contributed by atoms with Crippen LogP contribution in [0.1, 0.15) is 96.6 Å². The van der Waals surface area contributed by atoms with Crippen LogP contribution in [0.4, 0.5) is 0 Å². The third-order valence-electron chi connectivity index (χ3n) is 5.66. The molecule has 2 heteroatoms. The largest absolute Gasteiger partial charge is 0.494 e. The molecule has 0 amide bonds. The number of benzene rings is 2. The fourth-order valence-electron chi connectivity index (χ4n) is 3.68. The first-order valence-corrected chi connectivity index (χ1v) is 12.2. The lowest BCUT2D eigenvalue weighted by atomic mass is 10.0. The van der Waals surface area contributed by atoms with E-state index in [0.29, 0.717) is 0 Å². The van der Waals surface area contributed by atoms with Gasteiger partial charge >= 0.3 is 0 Å². The summed E-state index contributed by atoms with van der Waals surface area (Å²) in [6, 6.07) is 17.2. The Hall–Kier alpha value is -1.80. The number of hydrogen-bond donors (Lipinski definition) is 0. The number of rotatable bonds is 16. The lowest BCUT2D eigenvalue weighted by molar-refractivity contribution is 0.0663. The average molecular weight is 411 g/mol. The first-order chi connectivity index (χ1) is 14.7. The van der Waals surface area contributed by atoms with Crippen molar-refractivity contribution in [3.05, 3.63) is 54.1 Å². The number of hydrogen-bond acceptors (Lipinski definition) is 2. The van der Waals surface area contributed by atoms with E-state index in [-0.39, 0.29) is 6.10 Å². The quantitative estimate of drug-likeness (QED) is 0.257. The number of unbranched alkanes of at least 4 members (excludes halogenated alkanes) is 8. The molecular formula is C28H42O2. The van der Waals surface area contributed by atoms with Crippen molar-refractivity contribution in [2.24, 2.45) is 0 Å². The van der Waals surface area contributed by atoms with E-state index >= 15 is 0 Å². The van der Waals surface area contributed by atoms with Crippen molar-refractivity contribution in [2.45, 2.75) is 91.1 Å². The molecule has 0 radical (unpaired) electrons. The maximum absolute atomic E-state index is 5.93. The van der Waals surface area contributed by atoms with Gasteiger partial charge in [0.15, 0.2) is 0 Å². The van der Waals surface area contributed by atoms with Crippen LogP contribution in [0, 0.1) is 0 Å². The monoisotopic (exact) mass is 410 g/mol. The second-order valence-corrected chi connectivity index (χ2v) is 8.34. The summed E-state index contributed by atoms with van der Waals surface area (Å²) in [6.07, 6.45) is 13.3. The summed E-state index contributed by atoms with van der Waals surface area (Å²) >= 11 is 0. The van der Waals surface area contributed by atoms with Gasteiger partial charge in [-0.3, -0.25) is 0 Å². The Morgan fingerprint density at radius 2 is 1.13 bits per heavy atom. The molecule has 2 rings (SSSR count). The van der Waals surface area contributed by atoms with Crippen molar-refractivity contribution in [3.8, 4) is 16.9 Å². The van der Waals surface area contributed by atoms with Crippen LogP contribution in [0.3, 0.4) is 0 Å². The van der Waals surface area contributed by atoms with Gasteiger partial charge in [0.2, 0.25) is 0 Å². The van der Waals surface area contributed by atoms with Gasteiger partial charge in [0, 0.05) is 6.61 Å². The van der Waals surface area contributed by atoms with Gasteiger partial charge in [0.05, 0.1) is 12.7 Å². The molecule has 0 fully saturated rings. The number of ether oxygens (including phenoxy) is 2. The highest BCUT2D eigenvalue weighted by molar-refractivity contribution is 5.64. The Labute approximate surface area is 185 Å². The summed E-state index contributed by atoms with van der Waals surface area (Å²) in [6.45, 7) is 8.16. The standard InChI is InChI=1S/C28H42O2/c1-4-6-7-8-9-10-11-12-13-23-30-28-20-18-27(19-21-28)26-16-14-25(15-17-26)24(3)29-22-5-2/h14-21,24H,4-13,22-23H2,1-3H3. The Balaban J connectivity index is 1.66. The summed E-state index contributed by atoms with van der Waals surface area (Å²) in [4.78, 5) is 0. The zero-order chi connectivity index (χ0) is 21.4. The van der Waals surface area contributed by atoms with Crippen molar-refractivity contribution >= 4 is 0 Å². The predicted molar refractivity (Wildman–Crippen MR) is 129 cm³/mol. The van der Waals surface area contributed by atoms with Gasteiger partial charge in [0.25, 0.3) is 0 Å². The van der Waals surface area contributed by atoms with Crippen molar-refractivity contribution in [3.63, 3.8) is 0 Å². The summed E-state index contributed by atoms with van der Waals surface area (Å²) in [5, 5.41) is 0. The smallest absolute Gasteiger partial charge is 0.119 e. The molecule has 0 saturated carbocycles.